The SMILES string of the molecule is [2H]OC1([2H])C=C[C@H]2[C@H]3Cc4c([2H])c([2H])c(OC)c5c4[C@@]2(CCN3C([2H])([2H])[2H])C1O5. The van der Waals surface area contributed by atoms with E-state index in [2.05, 4.69) is 0 Å². The summed E-state index contributed by atoms with van der Waals surface area (Å²) in [5, 5.41) is 4.80. The summed E-state index contributed by atoms with van der Waals surface area (Å²) in [5.41, 5.74) is 0.500. The highest BCUT2D eigenvalue weighted by atomic mass is 16.5. The zero-order chi connectivity index (χ0) is 20.9. The number of likely N-dealkylation sites (N-methyl/N-ethyl adjacent to an activating group) is 1. The van der Waals surface area contributed by atoms with E-state index in [1.165, 1.54) is 18.1 Å². The molecule has 2 aliphatic heterocycles. The number of rotatable bonds is 2. The van der Waals surface area contributed by atoms with Crippen LogP contribution in [0.25, 0.3) is 0 Å². The first-order valence-electron chi connectivity index (χ1n) is 11.0. The van der Waals surface area contributed by atoms with E-state index in [-0.39, 0.29) is 30.3 Å². The molecule has 1 aromatic rings. The summed E-state index contributed by atoms with van der Waals surface area (Å²) in [7, 11) is 1.41. The molecule has 0 radical (unpaired) electrons. The Labute approximate surface area is 140 Å². The van der Waals surface area contributed by atoms with Crippen LogP contribution in [0.1, 0.15) is 25.8 Å². The third-order valence-electron chi connectivity index (χ3n) is 5.75. The normalized spacial score (nSPS) is 49.5. The fraction of sp³-hybridized carbons (Fsp3) is 0.556. The molecule has 1 fully saturated rings. The molecule has 5 atom stereocenters. The molecule has 4 nitrogen and oxygen atoms in total. The van der Waals surface area contributed by atoms with E-state index in [0.717, 1.165) is 5.56 Å². The summed E-state index contributed by atoms with van der Waals surface area (Å²) in [5.74, 6) is 0.196. The molecule has 0 saturated carbocycles. The van der Waals surface area contributed by atoms with Gasteiger partial charge >= 0.3 is 0 Å². The zero-order valence-corrected chi connectivity index (χ0v) is 12.2. The lowest BCUT2D eigenvalue weighted by Crippen LogP contribution is -2.64. The second-order valence-corrected chi connectivity index (χ2v) is 6.51. The van der Waals surface area contributed by atoms with Gasteiger partial charge in [0.1, 0.15) is 12.2 Å². The summed E-state index contributed by atoms with van der Waals surface area (Å²) in [6.45, 7) is -2.02. The topological polar surface area (TPSA) is 41.9 Å². The van der Waals surface area contributed by atoms with Crippen molar-refractivity contribution in [3.8, 4) is 11.5 Å². The molecule has 2 bridgehead atoms. The second kappa shape index (κ2) is 4.06. The number of nitrogens with zero attached hydrogens (tertiary/aromatic N) is 1. The monoisotopic (exact) mass is 306 g/mol. The second-order valence-electron chi connectivity index (χ2n) is 6.51. The van der Waals surface area contributed by atoms with Gasteiger partial charge in [0.05, 0.1) is 11.2 Å². The van der Waals surface area contributed by atoms with Crippen molar-refractivity contribution in [2.45, 2.75) is 36.5 Å². The number of hydrogen-bond acceptors (Lipinski definition) is 4. The van der Waals surface area contributed by atoms with Crippen LogP contribution in [-0.2, 0) is 11.8 Å². The molecule has 0 aromatic heterocycles. The van der Waals surface area contributed by atoms with Crippen molar-refractivity contribution in [3.63, 3.8) is 0 Å². The number of ether oxygens (including phenoxy) is 2. The Hall–Kier alpha value is -1.52. The van der Waals surface area contributed by atoms with E-state index in [9.17, 15) is 0 Å². The fourth-order valence-electron chi connectivity index (χ4n) is 4.87. The van der Waals surface area contributed by atoms with Gasteiger partial charge in [-0.3, -0.25) is 0 Å². The number of aliphatic hydroxyl groups is 1. The Morgan fingerprint density at radius 3 is 3.36 bits per heavy atom. The molecule has 2 unspecified atom stereocenters. The van der Waals surface area contributed by atoms with Crippen LogP contribution >= 0.6 is 0 Å². The molecule has 0 amide bonds. The van der Waals surface area contributed by atoms with Gasteiger partial charge < -0.3 is 19.5 Å². The number of hydrogen-bond donors (Lipinski definition) is 1. The highest BCUT2D eigenvalue weighted by molar-refractivity contribution is 5.62. The van der Waals surface area contributed by atoms with Crippen LogP contribution in [0.2, 0.25) is 0 Å². The molecule has 1 N–H and O–H groups in total. The van der Waals surface area contributed by atoms with Crippen LogP contribution < -0.4 is 9.47 Å². The molecule has 116 valence electrons. The Morgan fingerprint density at radius 1 is 1.59 bits per heavy atom. The quantitative estimate of drug-likeness (QED) is 0.841. The van der Waals surface area contributed by atoms with Gasteiger partial charge in [-0.2, -0.15) is 0 Å². The molecule has 2 heterocycles. The number of benzene rings is 1. The molecule has 4 aliphatic rings. The van der Waals surface area contributed by atoms with Crippen molar-refractivity contribution >= 4 is 0 Å². The third kappa shape index (κ3) is 1.28. The summed E-state index contributed by atoms with van der Waals surface area (Å²) in [6, 6.07) is -0.551. The summed E-state index contributed by atoms with van der Waals surface area (Å²) >= 11 is 0. The molecule has 1 saturated heterocycles. The number of likely N-dealkylation sites (tertiary alicyclic amines) is 1. The highest BCUT2D eigenvalue weighted by Gasteiger charge is 2.64. The highest BCUT2D eigenvalue weighted by Crippen LogP contribution is 2.62. The zero-order valence-electron chi connectivity index (χ0n) is 19.2. The van der Waals surface area contributed by atoms with E-state index >= 15 is 0 Å². The molecule has 2 aliphatic carbocycles. The minimum Gasteiger partial charge on any atom is -0.493 e. The van der Waals surface area contributed by atoms with E-state index in [1.807, 2.05) is 0 Å². The molecular formula is C18H21NO3. The fourth-order valence-corrected chi connectivity index (χ4v) is 4.87. The predicted octanol–water partition coefficient (Wildman–Crippen LogP) is 1.50. The Bertz CT molecular complexity index is 935. The summed E-state index contributed by atoms with van der Waals surface area (Å²) in [4.78, 5) is 1.48. The van der Waals surface area contributed by atoms with Crippen LogP contribution in [-0.4, -0.2) is 50.3 Å². The van der Waals surface area contributed by atoms with Gasteiger partial charge in [-0.1, -0.05) is 18.2 Å². The van der Waals surface area contributed by atoms with E-state index in [4.69, 9.17) is 24.2 Å². The molecule has 5 rings (SSSR count). The van der Waals surface area contributed by atoms with Gasteiger partial charge in [0.15, 0.2) is 11.5 Å². The lowest BCUT2D eigenvalue weighted by atomic mass is 9.53. The lowest BCUT2D eigenvalue weighted by molar-refractivity contribution is -0.0453. The van der Waals surface area contributed by atoms with Crippen molar-refractivity contribution in [1.82, 2.24) is 4.90 Å². The maximum atomic E-state index is 8.70. The van der Waals surface area contributed by atoms with Crippen LogP contribution in [0, 0.1) is 5.92 Å². The first-order valence-corrected chi connectivity index (χ1v) is 7.57. The van der Waals surface area contributed by atoms with Gasteiger partial charge in [0.2, 0.25) is 1.43 Å². The van der Waals surface area contributed by atoms with Gasteiger partial charge in [-0.15, -0.1) is 0 Å². The van der Waals surface area contributed by atoms with Gasteiger partial charge in [0, 0.05) is 27.1 Å². The van der Waals surface area contributed by atoms with Gasteiger partial charge in [-0.05, 0) is 38.0 Å². The Kier molecular flexibility index (Phi) is 1.45. The minimum atomic E-state index is -2.30. The van der Waals surface area contributed by atoms with E-state index < -0.39 is 30.6 Å². The van der Waals surface area contributed by atoms with Crippen molar-refractivity contribution in [2.24, 2.45) is 5.92 Å². The molecular weight excluding hydrogens is 278 g/mol. The van der Waals surface area contributed by atoms with Crippen molar-refractivity contribution in [1.29, 1.82) is 1.43 Å². The number of methoxy groups -OCH3 is 1. The average molecular weight is 306 g/mol. The first kappa shape index (κ1) is 7.84. The molecule has 4 heteroatoms. The Morgan fingerprint density at radius 2 is 2.55 bits per heavy atom. The number of piperidine rings is 1. The minimum absolute atomic E-state index is 0.00278. The van der Waals surface area contributed by atoms with E-state index in [1.54, 1.807) is 6.08 Å². The molecule has 22 heavy (non-hydrogen) atoms. The third-order valence-corrected chi connectivity index (χ3v) is 5.75. The van der Waals surface area contributed by atoms with Crippen molar-refractivity contribution < 1.29 is 22.8 Å². The molecule has 1 aromatic carbocycles. The standard InChI is InChI=1S/C18H21NO3/c1-19-8-7-18-11-4-5-13(20)17(18)22-16-14(21-2)6-3-10(15(16)18)9-12(11)19/h3-6,11-13,17,20H,7-9H2,1-2H3/t11-,12+,13?,17?,18-/m0/s1/i1D3,3D,6D,13D,20D. The van der Waals surface area contributed by atoms with Crippen molar-refractivity contribution in [2.75, 3.05) is 20.6 Å². The van der Waals surface area contributed by atoms with Crippen molar-refractivity contribution in [3.05, 3.63) is 35.4 Å². The van der Waals surface area contributed by atoms with Crippen LogP contribution in [0.15, 0.2) is 24.2 Å². The van der Waals surface area contributed by atoms with E-state index in [0.29, 0.717) is 24.2 Å². The Balaban J connectivity index is 1.83. The smallest absolute Gasteiger partial charge is 0.211 e. The predicted molar refractivity (Wildman–Crippen MR) is 82.5 cm³/mol. The summed E-state index contributed by atoms with van der Waals surface area (Å²) in [6.07, 6.45) is 1.25. The molecule has 1 spiro atoms. The lowest BCUT2D eigenvalue weighted by Gasteiger charge is -2.56. The maximum absolute atomic E-state index is 8.70. The first-order chi connectivity index (χ1) is 13.6. The maximum Gasteiger partial charge on any atom is 0.211 e. The van der Waals surface area contributed by atoms with Gasteiger partial charge in [0.25, 0.3) is 0 Å². The van der Waals surface area contributed by atoms with Gasteiger partial charge in [-0.25, -0.2) is 0 Å². The summed E-state index contributed by atoms with van der Waals surface area (Å²) < 4.78 is 68.7. The van der Waals surface area contributed by atoms with Crippen LogP contribution in [0.4, 0.5) is 0 Å². The average Bonchev–Trinajstić information content (AvgIpc) is 2.99. The largest absolute Gasteiger partial charge is 0.493 e. The van der Waals surface area contributed by atoms with Crippen LogP contribution in [0.5, 0.6) is 11.5 Å². The van der Waals surface area contributed by atoms with Crippen LogP contribution in [0.3, 0.4) is 0 Å².